The summed E-state index contributed by atoms with van der Waals surface area (Å²) in [6, 6.07) is 0. The summed E-state index contributed by atoms with van der Waals surface area (Å²) < 4.78 is 3.32. The molecule has 0 saturated heterocycles. The Hall–Kier alpha value is -0.900. The molecule has 58 valence electrons. The SMILES string of the molecule is CN=c1n(C)ccn1N.Cl. The van der Waals surface area contributed by atoms with Crippen LogP contribution in [0.2, 0.25) is 0 Å². The van der Waals surface area contributed by atoms with Crippen molar-refractivity contribution in [3.05, 3.63) is 18.0 Å². The van der Waals surface area contributed by atoms with Crippen molar-refractivity contribution in [2.45, 2.75) is 0 Å². The van der Waals surface area contributed by atoms with Crippen LogP contribution >= 0.6 is 12.4 Å². The Kier molecular flexibility index (Phi) is 3.02. The summed E-state index contributed by atoms with van der Waals surface area (Å²) in [5, 5.41) is 0. The molecule has 0 spiro atoms. The molecule has 0 unspecified atom stereocenters. The number of aromatic nitrogens is 2. The van der Waals surface area contributed by atoms with Gasteiger partial charge in [0.1, 0.15) is 0 Å². The largest absolute Gasteiger partial charge is 0.337 e. The Morgan fingerprint density at radius 2 is 2.10 bits per heavy atom. The lowest BCUT2D eigenvalue weighted by Crippen LogP contribution is -2.28. The highest BCUT2D eigenvalue weighted by Crippen LogP contribution is 1.71. The van der Waals surface area contributed by atoms with Crippen molar-refractivity contribution < 1.29 is 0 Å². The number of imidazole rings is 1. The highest BCUT2D eigenvalue weighted by molar-refractivity contribution is 5.85. The summed E-state index contributed by atoms with van der Waals surface area (Å²) in [5.41, 5.74) is 0.759. The zero-order valence-corrected chi connectivity index (χ0v) is 6.80. The lowest BCUT2D eigenvalue weighted by atomic mass is 10.9. The molecule has 0 atom stereocenters. The molecule has 0 aliphatic heterocycles. The third-order valence-electron chi connectivity index (χ3n) is 1.20. The van der Waals surface area contributed by atoms with Gasteiger partial charge in [-0.15, -0.1) is 12.4 Å². The maximum absolute atomic E-state index is 5.45. The first-order valence-corrected chi connectivity index (χ1v) is 2.67. The number of nitrogens with two attached hydrogens (primary N) is 1. The van der Waals surface area contributed by atoms with Crippen LogP contribution < -0.4 is 11.5 Å². The van der Waals surface area contributed by atoms with E-state index in [-0.39, 0.29) is 12.4 Å². The van der Waals surface area contributed by atoms with Gasteiger partial charge in [-0.1, -0.05) is 0 Å². The summed E-state index contributed by atoms with van der Waals surface area (Å²) in [6.45, 7) is 0. The average molecular weight is 163 g/mol. The highest BCUT2D eigenvalue weighted by Gasteiger charge is 1.88. The molecule has 0 aliphatic rings. The van der Waals surface area contributed by atoms with Gasteiger partial charge in [0.2, 0.25) is 5.62 Å². The third kappa shape index (κ3) is 1.33. The van der Waals surface area contributed by atoms with Gasteiger partial charge >= 0.3 is 0 Å². The molecule has 5 heteroatoms. The zero-order chi connectivity index (χ0) is 6.85. The van der Waals surface area contributed by atoms with E-state index in [2.05, 4.69) is 4.99 Å². The Labute approximate surface area is 65.4 Å². The molecular weight excluding hydrogens is 152 g/mol. The lowest BCUT2D eigenvalue weighted by Gasteiger charge is -1.90. The minimum atomic E-state index is 0. The van der Waals surface area contributed by atoms with Crippen LogP contribution in [0, 0.1) is 0 Å². The molecule has 0 bridgehead atoms. The van der Waals surface area contributed by atoms with Gasteiger partial charge < -0.3 is 10.4 Å². The molecule has 0 radical (unpaired) electrons. The maximum Gasteiger partial charge on any atom is 0.223 e. The van der Waals surface area contributed by atoms with Crippen molar-refractivity contribution in [1.29, 1.82) is 0 Å². The second kappa shape index (κ2) is 3.31. The van der Waals surface area contributed by atoms with Crippen molar-refractivity contribution in [2.24, 2.45) is 12.0 Å². The van der Waals surface area contributed by atoms with Gasteiger partial charge in [0, 0.05) is 26.5 Å². The molecule has 0 amide bonds. The average Bonchev–Trinajstić information content (AvgIpc) is 2.12. The highest BCUT2D eigenvalue weighted by atomic mass is 35.5. The number of hydrogen-bond acceptors (Lipinski definition) is 2. The van der Waals surface area contributed by atoms with Crippen LogP contribution in [0.25, 0.3) is 0 Å². The predicted molar refractivity (Wildman–Crippen MR) is 42.3 cm³/mol. The first-order chi connectivity index (χ1) is 4.25. The number of nitrogens with zero attached hydrogens (tertiary/aromatic N) is 3. The molecule has 0 saturated carbocycles. The van der Waals surface area contributed by atoms with E-state index in [1.807, 2.05) is 17.8 Å². The van der Waals surface area contributed by atoms with Crippen LogP contribution in [0.3, 0.4) is 0 Å². The topological polar surface area (TPSA) is 48.2 Å². The number of hydrogen-bond donors (Lipinski definition) is 1. The van der Waals surface area contributed by atoms with E-state index in [4.69, 9.17) is 5.84 Å². The molecule has 1 rings (SSSR count). The lowest BCUT2D eigenvalue weighted by molar-refractivity contribution is 0.766. The van der Waals surface area contributed by atoms with E-state index in [0.717, 1.165) is 5.62 Å². The molecule has 10 heavy (non-hydrogen) atoms. The standard InChI is InChI=1S/C5H10N4.ClH/c1-7-5-8(2)3-4-9(5)6;/h3-4H,6H2,1-2H3;1H. The van der Waals surface area contributed by atoms with E-state index >= 15 is 0 Å². The second-order valence-corrected chi connectivity index (χ2v) is 1.84. The third-order valence-corrected chi connectivity index (χ3v) is 1.20. The van der Waals surface area contributed by atoms with Crippen molar-refractivity contribution in [3.63, 3.8) is 0 Å². The summed E-state index contributed by atoms with van der Waals surface area (Å²) in [5.74, 6) is 5.45. The fraction of sp³-hybridized carbons (Fsp3) is 0.400. The van der Waals surface area contributed by atoms with E-state index < -0.39 is 0 Å². The molecule has 0 aliphatic carbocycles. The minimum Gasteiger partial charge on any atom is -0.337 e. The Bertz CT molecular complexity index is 236. The molecular formula is C5H11ClN4. The smallest absolute Gasteiger partial charge is 0.223 e. The van der Waals surface area contributed by atoms with Crippen molar-refractivity contribution in [1.82, 2.24) is 9.24 Å². The van der Waals surface area contributed by atoms with Crippen LogP contribution in [-0.4, -0.2) is 16.3 Å². The van der Waals surface area contributed by atoms with Gasteiger partial charge in [0.15, 0.2) is 0 Å². The number of halogens is 1. The zero-order valence-electron chi connectivity index (χ0n) is 5.98. The molecule has 0 aromatic carbocycles. The van der Waals surface area contributed by atoms with Crippen molar-refractivity contribution >= 4 is 12.4 Å². The molecule has 0 fully saturated rings. The molecule has 1 aromatic heterocycles. The van der Waals surface area contributed by atoms with Gasteiger partial charge in [-0.2, -0.15) is 0 Å². The van der Waals surface area contributed by atoms with Crippen LogP contribution in [0.4, 0.5) is 0 Å². The van der Waals surface area contributed by atoms with Gasteiger partial charge in [-0.3, -0.25) is 4.99 Å². The molecule has 1 aromatic rings. The van der Waals surface area contributed by atoms with Crippen LogP contribution in [0.15, 0.2) is 17.4 Å². The van der Waals surface area contributed by atoms with E-state index in [9.17, 15) is 0 Å². The Morgan fingerprint density at radius 1 is 1.50 bits per heavy atom. The van der Waals surface area contributed by atoms with Crippen LogP contribution in [-0.2, 0) is 7.05 Å². The van der Waals surface area contributed by atoms with E-state index in [1.165, 1.54) is 4.68 Å². The van der Waals surface area contributed by atoms with E-state index in [0.29, 0.717) is 0 Å². The number of nitrogen functional groups attached to an aromatic ring is 1. The maximum atomic E-state index is 5.45. The predicted octanol–water partition coefficient (Wildman–Crippen LogP) is -0.507. The summed E-state index contributed by atoms with van der Waals surface area (Å²) in [4.78, 5) is 3.93. The monoisotopic (exact) mass is 162 g/mol. The van der Waals surface area contributed by atoms with Gasteiger partial charge in [0.25, 0.3) is 0 Å². The molecule has 2 N–H and O–H groups in total. The van der Waals surface area contributed by atoms with Crippen LogP contribution in [0.1, 0.15) is 0 Å². The van der Waals surface area contributed by atoms with Crippen molar-refractivity contribution in [3.8, 4) is 0 Å². The molecule has 1 heterocycles. The normalized spacial score (nSPS) is 11.2. The van der Waals surface area contributed by atoms with Crippen LogP contribution in [0.5, 0.6) is 0 Å². The van der Waals surface area contributed by atoms with Gasteiger partial charge in [-0.05, 0) is 0 Å². The van der Waals surface area contributed by atoms with E-state index in [1.54, 1.807) is 13.2 Å². The summed E-state index contributed by atoms with van der Waals surface area (Å²) >= 11 is 0. The fourth-order valence-electron chi connectivity index (χ4n) is 0.760. The fourth-order valence-corrected chi connectivity index (χ4v) is 0.760. The Morgan fingerprint density at radius 3 is 2.30 bits per heavy atom. The number of rotatable bonds is 0. The number of aryl methyl sites for hydroxylation is 1. The first-order valence-electron chi connectivity index (χ1n) is 2.67. The summed E-state index contributed by atoms with van der Waals surface area (Å²) in [6.07, 6.45) is 3.60. The second-order valence-electron chi connectivity index (χ2n) is 1.84. The first kappa shape index (κ1) is 9.10. The molecule has 4 nitrogen and oxygen atoms in total. The quantitative estimate of drug-likeness (QED) is 0.514. The van der Waals surface area contributed by atoms with Crippen molar-refractivity contribution in [2.75, 3.05) is 12.9 Å². The van der Waals surface area contributed by atoms with Gasteiger partial charge in [0.05, 0.1) is 0 Å². The minimum absolute atomic E-state index is 0. The Balaban J connectivity index is 0.000000810. The van der Waals surface area contributed by atoms with Gasteiger partial charge in [-0.25, -0.2) is 4.68 Å². The summed E-state index contributed by atoms with van der Waals surface area (Å²) in [7, 11) is 3.60.